The molecule has 5 nitrogen and oxygen atoms in total. The second kappa shape index (κ2) is 6.64. The van der Waals surface area contributed by atoms with Crippen molar-refractivity contribution >= 4 is 6.09 Å². The molecule has 1 saturated heterocycles. The highest BCUT2D eigenvalue weighted by Gasteiger charge is 2.29. The van der Waals surface area contributed by atoms with Crippen molar-refractivity contribution in [3.8, 4) is 6.26 Å². The first-order valence-corrected chi connectivity index (χ1v) is 6.33. The zero-order chi connectivity index (χ0) is 13.5. The average Bonchev–Trinajstić information content (AvgIpc) is 2.47. The molecule has 1 unspecified atom stereocenters. The highest BCUT2D eigenvalue weighted by molar-refractivity contribution is 5.68. The second-order valence-electron chi connectivity index (χ2n) is 4.39. The van der Waals surface area contributed by atoms with Crippen LogP contribution < -0.4 is 0 Å². The summed E-state index contributed by atoms with van der Waals surface area (Å²) >= 11 is 0. The van der Waals surface area contributed by atoms with Crippen LogP contribution in [-0.2, 0) is 16.1 Å². The number of carbonyl (C=O) groups is 1. The number of piperidine rings is 1. The van der Waals surface area contributed by atoms with Gasteiger partial charge in [-0.15, -0.1) is 0 Å². The number of nitriles is 1. The molecule has 1 aromatic carbocycles. The van der Waals surface area contributed by atoms with Crippen molar-refractivity contribution in [1.82, 2.24) is 4.90 Å². The lowest BCUT2D eigenvalue weighted by Gasteiger charge is -2.32. The molecule has 1 heterocycles. The lowest BCUT2D eigenvalue weighted by molar-refractivity contribution is -0.0254. The molecule has 1 aromatic rings. The maximum atomic E-state index is 12.0. The Morgan fingerprint density at radius 1 is 1.37 bits per heavy atom. The molecular formula is C14H16N2O3. The van der Waals surface area contributed by atoms with Crippen LogP contribution in [0.1, 0.15) is 24.8 Å². The Morgan fingerprint density at radius 2 is 2.16 bits per heavy atom. The number of nitrogens with zero attached hydrogens (tertiary/aromatic N) is 2. The first-order chi connectivity index (χ1) is 9.31. The lowest BCUT2D eigenvalue weighted by Crippen LogP contribution is -2.44. The van der Waals surface area contributed by atoms with Crippen LogP contribution in [0.15, 0.2) is 30.3 Å². The summed E-state index contributed by atoms with van der Waals surface area (Å²) in [5.74, 6) is 0. The zero-order valence-electron chi connectivity index (χ0n) is 10.6. The van der Waals surface area contributed by atoms with E-state index in [0.29, 0.717) is 13.0 Å². The first-order valence-electron chi connectivity index (χ1n) is 6.33. The third kappa shape index (κ3) is 3.62. The second-order valence-corrected chi connectivity index (χ2v) is 4.39. The predicted octanol–water partition coefficient (Wildman–Crippen LogP) is 2.63. The molecule has 100 valence electrons. The summed E-state index contributed by atoms with van der Waals surface area (Å²) in [7, 11) is 0. The molecule has 0 N–H and O–H groups in total. The van der Waals surface area contributed by atoms with Gasteiger partial charge in [0.25, 0.3) is 6.26 Å². The lowest BCUT2D eigenvalue weighted by atomic mass is 10.1. The summed E-state index contributed by atoms with van der Waals surface area (Å²) in [6, 6.07) is 9.49. The predicted molar refractivity (Wildman–Crippen MR) is 67.7 cm³/mol. The van der Waals surface area contributed by atoms with E-state index >= 15 is 0 Å². The monoisotopic (exact) mass is 260 g/mol. The number of hydrogen-bond donors (Lipinski definition) is 0. The SMILES string of the molecule is N#COC1CCCCN1C(=O)OCc1ccccc1. The number of hydrogen-bond acceptors (Lipinski definition) is 4. The maximum absolute atomic E-state index is 12.0. The fourth-order valence-electron chi connectivity index (χ4n) is 2.10. The number of ether oxygens (including phenoxy) is 2. The largest absolute Gasteiger partial charge is 0.444 e. The molecule has 1 atom stereocenters. The highest BCUT2D eigenvalue weighted by Crippen LogP contribution is 2.19. The topological polar surface area (TPSA) is 62.6 Å². The van der Waals surface area contributed by atoms with Gasteiger partial charge in [0.1, 0.15) is 6.61 Å². The van der Waals surface area contributed by atoms with E-state index in [1.807, 2.05) is 30.3 Å². The Morgan fingerprint density at radius 3 is 2.89 bits per heavy atom. The maximum Gasteiger partial charge on any atom is 0.413 e. The number of amides is 1. The summed E-state index contributed by atoms with van der Waals surface area (Å²) in [5, 5.41) is 8.57. The molecule has 5 heteroatoms. The Balaban J connectivity index is 1.89. The smallest absolute Gasteiger partial charge is 0.413 e. The fraction of sp³-hybridized carbons (Fsp3) is 0.429. The van der Waals surface area contributed by atoms with Gasteiger partial charge in [-0.3, -0.25) is 4.90 Å². The van der Waals surface area contributed by atoms with Crippen molar-refractivity contribution in [3.63, 3.8) is 0 Å². The molecule has 1 aliphatic rings. The van der Waals surface area contributed by atoms with Crippen LogP contribution in [0.3, 0.4) is 0 Å². The number of likely N-dealkylation sites (tertiary alicyclic amines) is 1. The van der Waals surface area contributed by atoms with Crippen molar-refractivity contribution in [1.29, 1.82) is 5.26 Å². The van der Waals surface area contributed by atoms with Gasteiger partial charge in [-0.25, -0.2) is 4.79 Å². The van der Waals surface area contributed by atoms with Gasteiger partial charge in [0.2, 0.25) is 0 Å². The number of rotatable bonds is 3. The van der Waals surface area contributed by atoms with Gasteiger partial charge in [0, 0.05) is 13.0 Å². The summed E-state index contributed by atoms with van der Waals surface area (Å²) in [6.45, 7) is 0.801. The van der Waals surface area contributed by atoms with E-state index in [-0.39, 0.29) is 6.61 Å². The summed E-state index contributed by atoms with van der Waals surface area (Å²) in [5.41, 5.74) is 0.936. The van der Waals surface area contributed by atoms with Crippen molar-refractivity contribution in [3.05, 3.63) is 35.9 Å². The standard InChI is InChI=1S/C14H16N2O3/c15-11-19-13-8-4-5-9-16(13)14(17)18-10-12-6-2-1-3-7-12/h1-3,6-7,13H,4-5,8-10H2. The van der Waals surface area contributed by atoms with Crippen molar-refractivity contribution in [2.45, 2.75) is 32.1 Å². The van der Waals surface area contributed by atoms with E-state index < -0.39 is 12.3 Å². The number of carbonyl (C=O) groups excluding carboxylic acids is 1. The minimum absolute atomic E-state index is 0.232. The molecule has 1 amide bonds. The van der Waals surface area contributed by atoms with Crippen LogP contribution in [0.5, 0.6) is 0 Å². The zero-order valence-corrected chi connectivity index (χ0v) is 10.6. The molecule has 0 bridgehead atoms. The molecule has 19 heavy (non-hydrogen) atoms. The normalized spacial score (nSPS) is 18.5. The average molecular weight is 260 g/mol. The number of benzene rings is 1. The highest BCUT2D eigenvalue weighted by atomic mass is 16.6. The molecule has 0 aromatic heterocycles. The van der Waals surface area contributed by atoms with Crippen LogP contribution in [0.4, 0.5) is 4.79 Å². The fourth-order valence-corrected chi connectivity index (χ4v) is 2.10. The van der Waals surface area contributed by atoms with E-state index in [0.717, 1.165) is 18.4 Å². The van der Waals surface area contributed by atoms with Gasteiger partial charge in [0.15, 0.2) is 6.23 Å². The summed E-state index contributed by atoms with van der Waals surface area (Å²) in [4.78, 5) is 13.5. The van der Waals surface area contributed by atoms with Crippen molar-refractivity contribution in [2.75, 3.05) is 6.54 Å². The van der Waals surface area contributed by atoms with Crippen LogP contribution in [0.2, 0.25) is 0 Å². The quantitative estimate of drug-likeness (QED) is 0.784. The van der Waals surface area contributed by atoms with Crippen molar-refractivity contribution < 1.29 is 14.3 Å². The van der Waals surface area contributed by atoms with Crippen LogP contribution in [-0.4, -0.2) is 23.8 Å². The van der Waals surface area contributed by atoms with Gasteiger partial charge in [-0.2, -0.15) is 5.26 Å². The minimum Gasteiger partial charge on any atom is -0.444 e. The van der Waals surface area contributed by atoms with Crippen LogP contribution in [0.25, 0.3) is 0 Å². The molecule has 0 radical (unpaired) electrons. The van der Waals surface area contributed by atoms with Gasteiger partial charge < -0.3 is 9.47 Å². The van der Waals surface area contributed by atoms with Gasteiger partial charge >= 0.3 is 6.09 Å². The van der Waals surface area contributed by atoms with E-state index in [2.05, 4.69) is 0 Å². The first kappa shape index (κ1) is 13.2. The Labute approximate surface area is 112 Å². The molecular weight excluding hydrogens is 244 g/mol. The molecule has 1 aliphatic heterocycles. The van der Waals surface area contributed by atoms with Gasteiger partial charge in [-0.1, -0.05) is 30.3 Å². The van der Waals surface area contributed by atoms with E-state index in [1.54, 1.807) is 6.26 Å². The molecule has 0 spiro atoms. The Hall–Kier alpha value is -2.22. The summed E-state index contributed by atoms with van der Waals surface area (Å²) < 4.78 is 10.1. The Kier molecular flexibility index (Phi) is 4.62. The van der Waals surface area contributed by atoms with E-state index in [1.165, 1.54) is 4.90 Å². The van der Waals surface area contributed by atoms with E-state index in [9.17, 15) is 4.79 Å². The third-order valence-electron chi connectivity index (χ3n) is 3.08. The van der Waals surface area contributed by atoms with Crippen molar-refractivity contribution in [2.24, 2.45) is 0 Å². The molecule has 0 aliphatic carbocycles. The third-order valence-corrected chi connectivity index (χ3v) is 3.08. The van der Waals surface area contributed by atoms with Gasteiger partial charge in [0.05, 0.1) is 0 Å². The molecule has 0 saturated carbocycles. The molecule has 1 fully saturated rings. The summed E-state index contributed by atoms with van der Waals surface area (Å²) in [6.07, 6.45) is 3.27. The van der Waals surface area contributed by atoms with Gasteiger partial charge in [-0.05, 0) is 18.4 Å². The molecule has 2 rings (SSSR count). The van der Waals surface area contributed by atoms with Crippen LogP contribution in [0, 0.1) is 11.5 Å². The van der Waals surface area contributed by atoms with E-state index in [4.69, 9.17) is 14.7 Å². The Bertz CT molecular complexity index is 456. The minimum atomic E-state index is -0.484. The van der Waals surface area contributed by atoms with Crippen LogP contribution >= 0.6 is 0 Å².